The maximum Gasteiger partial charge on any atom is 0.0462 e. The van der Waals surface area contributed by atoms with Crippen LogP contribution in [-0.4, -0.2) is 0 Å². The van der Waals surface area contributed by atoms with E-state index in [9.17, 15) is 0 Å². The lowest BCUT2D eigenvalue weighted by molar-refractivity contribution is 0.662. The first-order valence-corrected chi connectivity index (χ1v) is 20.2. The van der Waals surface area contributed by atoms with E-state index >= 15 is 0 Å². The molecule has 0 unspecified atom stereocenters. The number of fused-ring (bicyclic) bond motifs is 3. The Balaban J connectivity index is 0.993. The average molecular weight is 742 g/mol. The minimum atomic E-state index is -0.129. The van der Waals surface area contributed by atoms with Crippen LogP contribution < -0.4 is 4.90 Å². The third kappa shape index (κ3) is 6.41. The van der Waals surface area contributed by atoms with E-state index in [1.54, 1.807) is 0 Å². The molecule has 1 aliphatic carbocycles. The average Bonchev–Trinajstić information content (AvgIpc) is 3.53. The molecule has 0 radical (unpaired) electrons. The van der Waals surface area contributed by atoms with Crippen LogP contribution in [0.3, 0.4) is 0 Å². The molecule has 1 aliphatic rings. The molecule has 0 heterocycles. The van der Waals surface area contributed by atoms with Gasteiger partial charge in [-0.05, 0) is 126 Å². The quantitative estimate of drug-likeness (QED) is 0.150. The number of anilines is 3. The Kier molecular flexibility index (Phi) is 8.92. The van der Waals surface area contributed by atoms with Crippen LogP contribution in [0, 0.1) is 0 Å². The zero-order valence-electron chi connectivity index (χ0n) is 32.8. The van der Waals surface area contributed by atoms with E-state index in [2.05, 4.69) is 243 Å². The molecule has 58 heavy (non-hydrogen) atoms. The van der Waals surface area contributed by atoms with Crippen molar-refractivity contribution in [3.8, 4) is 66.8 Å². The van der Waals surface area contributed by atoms with Crippen molar-refractivity contribution < 1.29 is 0 Å². The Morgan fingerprint density at radius 2 is 0.638 bits per heavy atom. The van der Waals surface area contributed by atoms with Crippen molar-refractivity contribution in [2.24, 2.45) is 0 Å². The number of hydrogen-bond donors (Lipinski definition) is 0. The molecular formula is C57H43N. The predicted octanol–water partition coefficient (Wildman–Crippen LogP) is 15.8. The summed E-state index contributed by atoms with van der Waals surface area (Å²) in [4.78, 5) is 2.35. The molecule has 0 bridgehead atoms. The van der Waals surface area contributed by atoms with Crippen molar-refractivity contribution in [2.75, 3.05) is 4.90 Å². The van der Waals surface area contributed by atoms with Crippen LogP contribution in [0.2, 0.25) is 0 Å². The fourth-order valence-corrected chi connectivity index (χ4v) is 8.93. The SMILES string of the molecule is CC1(C)c2ccc(-c3ccccc3)cc2-c2cccc(-c3cccc(-c4ccc(N(c5ccc(-c6ccccc6)cc5)c5ccc(-c6ccccc6)cc5)cc4)c3)c21. The predicted molar refractivity (Wildman–Crippen MR) is 246 cm³/mol. The second-order valence-corrected chi connectivity index (χ2v) is 15.8. The lowest BCUT2D eigenvalue weighted by Crippen LogP contribution is -2.16. The van der Waals surface area contributed by atoms with E-state index in [0.717, 1.165) is 17.1 Å². The molecule has 0 spiro atoms. The number of benzene rings is 9. The summed E-state index contributed by atoms with van der Waals surface area (Å²) in [6, 6.07) is 81.6. The summed E-state index contributed by atoms with van der Waals surface area (Å²) < 4.78 is 0. The van der Waals surface area contributed by atoms with Gasteiger partial charge in [-0.1, -0.05) is 190 Å². The smallest absolute Gasteiger partial charge is 0.0462 e. The van der Waals surface area contributed by atoms with Gasteiger partial charge in [0.2, 0.25) is 0 Å². The van der Waals surface area contributed by atoms with Crippen molar-refractivity contribution >= 4 is 17.1 Å². The normalized spacial score (nSPS) is 12.4. The molecule has 1 nitrogen and oxygen atoms in total. The summed E-state index contributed by atoms with van der Waals surface area (Å²) in [5.41, 5.74) is 20.9. The Labute approximate surface area is 342 Å². The molecule has 0 saturated carbocycles. The van der Waals surface area contributed by atoms with Gasteiger partial charge in [-0.25, -0.2) is 0 Å². The van der Waals surface area contributed by atoms with E-state index in [1.807, 2.05) is 0 Å². The second kappa shape index (κ2) is 14.7. The monoisotopic (exact) mass is 741 g/mol. The highest BCUT2D eigenvalue weighted by molar-refractivity contribution is 5.91. The summed E-state index contributed by atoms with van der Waals surface area (Å²) >= 11 is 0. The zero-order chi connectivity index (χ0) is 39.1. The van der Waals surface area contributed by atoms with Gasteiger partial charge in [0.15, 0.2) is 0 Å². The highest BCUT2D eigenvalue weighted by Crippen LogP contribution is 2.53. The van der Waals surface area contributed by atoms with E-state index in [4.69, 9.17) is 0 Å². The van der Waals surface area contributed by atoms with Crippen LogP contribution in [0.5, 0.6) is 0 Å². The van der Waals surface area contributed by atoms with Crippen molar-refractivity contribution in [3.63, 3.8) is 0 Å². The molecule has 0 fully saturated rings. The van der Waals surface area contributed by atoms with Gasteiger partial charge >= 0.3 is 0 Å². The van der Waals surface area contributed by atoms with Gasteiger partial charge in [-0.3, -0.25) is 0 Å². The van der Waals surface area contributed by atoms with Crippen molar-refractivity contribution in [3.05, 3.63) is 236 Å². The Morgan fingerprint density at radius 1 is 0.276 bits per heavy atom. The molecule has 0 aromatic heterocycles. The summed E-state index contributed by atoms with van der Waals surface area (Å²) in [5, 5.41) is 0. The van der Waals surface area contributed by atoms with Gasteiger partial charge in [0.25, 0.3) is 0 Å². The summed E-state index contributed by atoms with van der Waals surface area (Å²) in [7, 11) is 0. The number of hydrogen-bond acceptors (Lipinski definition) is 1. The summed E-state index contributed by atoms with van der Waals surface area (Å²) in [5.74, 6) is 0. The largest absolute Gasteiger partial charge is 0.311 e. The lowest BCUT2D eigenvalue weighted by Gasteiger charge is -2.26. The first-order valence-electron chi connectivity index (χ1n) is 20.2. The summed E-state index contributed by atoms with van der Waals surface area (Å²) in [6.07, 6.45) is 0. The minimum Gasteiger partial charge on any atom is -0.311 e. The molecule has 0 N–H and O–H groups in total. The molecule has 0 saturated heterocycles. The number of nitrogens with zero attached hydrogens (tertiary/aromatic N) is 1. The fraction of sp³-hybridized carbons (Fsp3) is 0.0526. The molecule has 0 aliphatic heterocycles. The molecule has 276 valence electrons. The fourth-order valence-electron chi connectivity index (χ4n) is 8.93. The lowest BCUT2D eigenvalue weighted by atomic mass is 9.78. The third-order valence-electron chi connectivity index (χ3n) is 11.9. The van der Waals surface area contributed by atoms with Gasteiger partial charge < -0.3 is 4.90 Å². The molecule has 10 rings (SSSR count). The Hall–Kier alpha value is -7.22. The van der Waals surface area contributed by atoms with Crippen LogP contribution in [0.15, 0.2) is 224 Å². The van der Waals surface area contributed by atoms with Crippen LogP contribution in [0.1, 0.15) is 25.0 Å². The molecule has 1 heteroatoms. The van der Waals surface area contributed by atoms with E-state index < -0.39 is 0 Å². The topological polar surface area (TPSA) is 3.24 Å². The van der Waals surface area contributed by atoms with Crippen LogP contribution in [0.4, 0.5) is 17.1 Å². The van der Waals surface area contributed by atoms with Crippen molar-refractivity contribution in [1.29, 1.82) is 0 Å². The van der Waals surface area contributed by atoms with Gasteiger partial charge in [0, 0.05) is 22.5 Å². The standard InChI is InChI=1S/C57H43N/c1-57(2)55-37-30-47(42-18-10-5-11-19-42)39-54(55)53-23-13-22-52(56(53)57)48-21-12-20-46(38-48)45-28-35-51(36-29-45)58(49-31-24-43(25-32-49)40-14-6-3-7-15-40)50-33-26-44(27-34-50)41-16-8-4-9-17-41/h3-39H,1-2H3. The van der Waals surface area contributed by atoms with Crippen LogP contribution in [-0.2, 0) is 5.41 Å². The second-order valence-electron chi connectivity index (χ2n) is 15.8. The molecule has 0 amide bonds. The van der Waals surface area contributed by atoms with Crippen LogP contribution >= 0.6 is 0 Å². The highest BCUT2D eigenvalue weighted by Gasteiger charge is 2.37. The van der Waals surface area contributed by atoms with E-state index in [0.29, 0.717) is 0 Å². The summed E-state index contributed by atoms with van der Waals surface area (Å²) in [6.45, 7) is 4.75. The Bertz CT molecular complexity index is 2770. The molecule has 9 aromatic carbocycles. The van der Waals surface area contributed by atoms with E-state index in [-0.39, 0.29) is 5.41 Å². The first-order chi connectivity index (χ1) is 28.5. The van der Waals surface area contributed by atoms with Gasteiger partial charge in [-0.15, -0.1) is 0 Å². The van der Waals surface area contributed by atoms with Gasteiger partial charge in [0.05, 0.1) is 0 Å². The zero-order valence-corrected chi connectivity index (χ0v) is 32.8. The van der Waals surface area contributed by atoms with Gasteiger partial charge in [-0.2, -0.15) is 0 Å². The minimum absolute atomic E-state index is 0.129. The van der Waals surface area contributed by atoms with Crippen LogP contribution in [0.25, 0.3) is 66.8 Å². The van der Waals surface area contributed by atoms with Crippen molar-refractivity contribution in [1.82, 2.24) is 0 Å². The first kappa shape index (κ1) is 35.2. The maximum absolute atomic E-state index is 2.39. The number of rotatable bonds is 8. The van der Waals surface area contributed by atoms with Crippen molar-refractivity contribution in [2.45, 2.75) is 19.3 Å². The molecule has 0 atom stereocenters. The van der Waals surface area contributed by atoms with Gasteiger partial charge in [0.1, 0.15) is 0 Å². The van der Waals surface area contributed by atoms with E-state index in [1.165, 1.54) is 77.9 Å². The Morgan fingerprint density at radius 3 is 1.16 bits per heavy atom. The third-order valence-corrected chi connectivity index (χ3v) is 11.9. The molecular weight excluding hydrogens is 699 g/mol. The highest BCUT2D eigenvalue weighted by atomic mass is 15.1. The maximum atomic E-state index is 2.39. The molecule has 9 aromatic rings.